The van der Waals surface area contributed by atoms with E-state index in [0.717, 1.165) is 25.0 Å². The van der Waals surface area contributed by atoms with E-state index in [0.29, 0.717) is 18.8 Å². The van der Waals surface area contributed by atoms with E-state index in [9.17, 15) is 14.4 Å². The normalized spacial score (nSPS) is 7.45. The number of unbranched alkanes of at least 4 members (excludes halogenated alkanes) is 1. The van der Waals surface area contributed by atoms with Gasteiger partial charge in [0.1, 0.15) is 0 Å². The summed E-state index contributed by atoms with van der Waals surface area (Å²) in [7, 11) is 1.33. The zero-order valence-corrected chi connectivity index (χ0v) is 18.2. The highest BCUT2D eigenvalue weighted by molar-refractivity contribution is 5.86. The number of esters is 3. The minimum atomic E-state index is -1.23. The summed E-state index contributed by atoms with van der Waals surface area (Å²) in [5.41, 5.74) is 0.433. The van der Waals surface area contributed by atoms with Crippen molar-refractivity contribution in [2.75, 3.05) is 20.3 Å². The number of rotatable bonds is 8. The summed E-state index contributed by atoms with van der Waals surface area (Å²) in [4.78, 5) is 39.7. The maximum atomic E-state index is 10.3. The van der Waals surface area contributed by atoms with E-state index < -0.39 is 5.97 Å². The Bertz CT molecular complexity index is 511. The van der Waals surface area contributed by atoms with Gasteiger partial charge in [-0.25, -0.2) is 14.4 Å². The highest BCUT2D eigenvalue weighted by Gasteiger charge is 1.95. The third kappa shape index (κ3) is 45.7. The second-order valence-corrected chi connectivity index (χ2v) is 4.48. The molecule has 0 aromatic carbocycles. The molecule has 0 rings (SSSR count). The maximum Gasteiger partial charge on any atom is 0.332 e. The number of aliphatic carboxylic acids is 1. The number of carboxylic acid groups (broad SMARTS) is 1. The van der Waals surface area contributed by atoms with Gasteiger partial charge in [-0.1, -0.05) is 39.7 Å². The van der Waals surface area contributed by atoms with E-state index in [1.54, 1.807) is 13.8 Å². The summed E-state index contributed by atoms with van der Waals surface area (Å²) < 4.78 is 13.4. The standard InChI is InChI=1S/C7H12O2.2C5H8O2.C3H4O2.H3N/c1-3-5-6-9-7(8)4-2;1-4(2)5(6)7-3;1-3-5(6)7-4-2;1-2-3(4)5;/h4H,2-3,5-6H2,1H3;1H2,2-3H3;3H,1,4H2,2H3;2H,1H2,(H,4,5);1H3. The van der Waals surface area contributed by atoms with E-state index in [1.807, 2.05) is 6.92 Å². The van der Waals surface area contributed by atoms with Crippen LogP contribution in [-0.2, 0) is 33.4 Å². The van der Waals surface area contributed by atoms with Crippen LogP contribution in [-0.4, -0.2) is 44.2 Å². The molecule has 0 aromatic rings. The lowest BCUT2D eigenvalue weighted by Gasteiger charge is -1.97. The molecule has 0 aliphatic rings. The van der Waals surface area contributed by atoms with Gasteiger partial charge in [0.25, 0.3) is 0 Å². The summed E-state index contributed by atoms with van der Waals surface area (Å²) in [5, 5.41) is 9.14. The fourth-order valence-electron chi connectivity index (χ4n) is 0.751. The molecule has 0 bridgehead atoms. The predicted molar refractivity (Wildman–Crippen MR) is 111 cm³/mol. The van der Waals surface area contributed by atoms with Gasteiger partial charge in [0.15, 0.2) is 0 Å². The first-order valence-corrected chi connectivity index (χ1v) is 8.23. The average molecular weight is 417 g/mol. The lowest BCUT2D eigenvalue weighted by atomic mass is 10.4. The number of quaternary nitrogens is 1. The number of hydrogen-bond donors (Lipinski definition) is 1. The van der Waals surface area contributed by atoms with E-state index >= 15 is 0 Å². The SMILES string of the molecule is C=C(C)C(=O)OC.C=CC(=O)OCC.C=CC(=O)OCCCC.C=CC(=O)[O-].[NH4+]. The summed E-state index contributed by atoms with van der Waals surface area (Å²) in [6.45, 7) is 19.1. The first-order chi connectivity index (χ1) is 13.1. The molecule has 9 heteroatoms. The van der Waals surface area contributed by atoms with E-state index in [2.05, 4.69) is 40.5 Å². The van der Waals surface area contributed by atoms with Crippen molar-refractivity contribution in [1.29, 1.82) is 0 Å². The van der Waals surface area contributed by atoms with Crippen LogP contribution in [0.15, 0.2) is 50.1 Å². The second-order valence-electron chi connectivity index (χ2n) is 4.48. The molecule has 0 saturated heterocycles. The molecule has 0 saturated carbocycles. The Kier molecular flexibility index (Phi) is 37.4. The molecule has 168 valence electrons. The van der Waals surface area contributed by atoms with Crippen LogP contribution in [0.4, 0.5) is 0 Å². The summed E-state index contributed by atoms with van der Waals surface area (Å²) in [6.07, 6.45) is 5.02. The quantitative estimate of drug-likeness (QED) is 0.273. The molecule has 29 heavy (non-hydrogen) atoms. The van der Waals surface area contributed by atoms with Gasteiger partial charge in [-0.3, -0.25) is 0 Å². The summed E-state index contributed by atoms with van der Waals surface area (Å²) in [6, 6.07) is 0. The summed E-state index contributed by atoms with van der Waals surface area (Å²) >= 11 is 0. The Balaban J connectivity index is -0.0000000890. The van der Waals surface area contributed by atoms with Crippen molar-refractivity contribution in [2.45, 2.75) is 33.6 Å². The number of carbonyl (C=O) groups is 4. The van der Waals surface area contributed by atoms with Crippen LogP contribution in [0, 0.1) is 0 Å². The van der Waals surface area contributed by atoms with Gasteiger partial charge >= 0.3 is 17.9 Å². The molecule has 9 nitrogen and oxygen atoms in total. The zero-order valence-electron chi connectivity index (χ0n) is 18.2. The molecular weight excluding hydrogens is 382 g/mol. The first-order valence-electron chi connectivity index (χ1n) is 8.23. The second kappa shape index (κ2) is 29.6. The largest absolute Gasteiger partial charge is 0.545 e. The molecule has 0 aromatic heterocycles. The van der Waals surface area contributed by atoms with Gasteiger partial charge in [-0.2, -0.15) is 0 Å². The molecule has 4 N–H and O–H groups in total. The molecule has 0 aliphatic carbocycles. The Hall–Kier alpha value is -3.20. The van der Waals surface area contributed by atoms with E-state index in [4.69, 9.17) is 9.90 Å². The fraction of sp³-hybridized carbons (Fsp3) is 0.400. The van der Waals surface area contributed by atoms with Gasteiger partial charge < -0.3 is 30.3 Å². The highest BCUT2D eigenvalue weighted by Crippen LogP contribution is 1.88. The number of ether oxygens (including phenoxy) is 3. The van der Waals surface area contributed by atoms with Gasteiger partial charge in [0, 0.05) is 17.7 Å². The molecule has 0 spiro atoms. The van der Waals surface area contributed by atoms with Crippen molar-refractivity contribution in [2.24, 2.45) is 0 Å². The van der Waals surface area contributed by atoms with Crippen molar-refractivity contribution in [3.63, 3.8) is 0 Å². The van der Waals surface area contributed by atoms with Crippen molar-refractivity contribution in [1.82, 2.24) is 6.15 Å². The topological polar surface area (TPSA) is 156 Å². The lowest BCUT2D eigenvalue weighted by molar-refractivity contribution is -0.297. The lowest BCUT2D eigenvalue weighted by Crippen LogP contribution is -2.17. The minimum absolute atomic E-state index is 0. The number of hydrogen-bond acceptors (Lipinski definition) is 8. The Labute approximate surface area is 173 Å². The van der Waals surface area contributed by atoms with Crippen molar-refractivity contribution in [3.05, 3.63) is 50.1 Å². The van der Waals surface area contributed by atoms with Gasteiger partial charge in [0.2, 0.25) is 0 Å². The van der Waals surface area contributed by atoms with Crippen LogP contribution in [0.25, 0.3) is 0 Å². The van der Waals surface area contributed by atoms with Gasteiger partial charge in [-0.05, 0) is 26.3 Å². The fourth-order valence-corrected chi connectivity index (χ4v) is 0.751. The third-order valence-electron chi connectivity index (χ3n) is 2.06. The molecule has 0 aliphatic heterocycles. The average Bonchev–Trinajstić information content (AvgIpc) is 2.68. The van der Waals surface area contributed by atoms with Crippen molar-refractivity contribution in [3.8, 4) is 0 Å². The van der Waals surface area contributed by atoms with Gasteiger partial charge in [-0.15, -0.1) is 0 Å². The maximum absolute atomic E-state index is 10.3. The van der Waals surface area contributed by atoms with Crippen LogP contribution in [0.5, 0.6) is 0 Å². The van der Waals surface area contributed by atoms with Gasteiger partial charge in [0.05, 0.1) is 26.3 Å². The number of carbonyl (C=O) groups excluding carboxylic acids is 4. The van der Waals surface area contributed by atoms with E-state index in [-0.39, 0.29) is 24.1 Å². The molecular formula is C20H35NO8. The first kappa shape index (κ1) is 36.7. The molecule has 0 unspecified atom stereocenters. The van der Waals surface area contributed by atoms with Crippen LogP contribution in [0.1, 0.15) is 33.6 Å². The molecule has 0 amide bonds. The van der Waals surface area contributed by atoms with Crippen molar-refractivity contribution >= 4 is 23.9 Å². The van der Waals surface area contributed by atoms with Crippen LogP contribution in [0.3, 0.4) is 0 Å². The van der Waals surface area contributed by atoms with Crippen LogP contribution in [0.2, 0.25) is 0 Å². The zero-order chi connectivity index (χ0) is 23.0. The third-order valence-corrected chi connectivity index (χ3v) is 2.06. The molecule has 0 heterocycles. The highest BCUT2D eigenvalue weighted by atomic mass is 16.5. The molecule has 0 fully saturated rings. The Morgan fingerprint density at radius 1 is 0.931 bits per heavy atom. The van der Waals surface area contributed by atoms with E-state index in [1.165, 1.54) is 13.2 Å². The van der Waals surface area contributed by atoms with Crippen LogP contribution >= 0.6 is 0 Å². The number of carboxylic acids is 1. The molecule has 0 atom stereocenters. The van der Waals surface area contributed by atoms with Crippen molar-refractivity contribution < 1.29 is 38.5 Å². The number of methoxy groups -OCH3 is 1. The summed E-state index contributed by atoms with van der Waals surface area (Å²) in [5.74, 6) is -2.27. The molecule has 0 radical (unpaired) electrons. The smallest absolute Gasteiger partial charge is 0.332 e. The Morgan fingerprint density at radius 3 is 1.52 bits per heavy atom. The predicted octanol–water partition coefficient (Wildman–Crippen LogP) is 2.29. The Morgan fingerprint density at radius 2 is 1.34 bits per heavy atom. The monoisotopic (exact) mass is 417 g/mol. The van der Waals surface area contributed by atoms with Crippen LogP contribution < -0.4 is 11.3 Å². The minimum Gasteiger partial charge on any atom is -0.545 e.